The SMILES string of the molecule is CC(=O)N(c1ccc(C)c(C)c1)c1nc(COc2ccccc2C(=O)Nc2ccccc2)cs1. The van der Waals surface area contributed by atoms with Gasteiger partial charge in [-0.15, -0.1) is 11.3 Å². The molecule has 0 unspecified atom stereocenters. The van der Waals surface area contributed by atoms with Crippen molar-refractivity contribution < 1.29 is 14.3 Å². The molecule has 2 amide bonds. The fourth-order valence-corrected chi connectivity index (χ4v) is 4.28. The van der Waals surface area contributed by atoms with Gasteiger partial charge < -0.3 is 10.1 Å². The van der Waals surface area contributed by atoms with Crippen LogP contribution in [0.3, 0.4) is 0 Å². The van der Waals surface area contributed by atoms with Crippen molar-refractivity contribution in [1.82, 2.24) is 4.98 Å². The third kappa shape index (κ3) is 5.32. The number of aromatic nitrogens is 1. The Kier molecular flexibility index (Phi) is 7.04. The minimum Gasteiger partial charge on any atom is -0.486 e. The number of amides is 2. The predicted molar refractivity (Wildman–Crippen MR) is 136 cm³/mol. The van der Waals surface area contributed by atoms with Crippen molar-refractivity contribution >= 4 is 39.7 Å². The molecule has 1 heterocycles. The average Bonchev–Trinajstić information content (AvgIpc) is 3.29. The summed E-state index contributed by atoms with van der Waals surface area (Å²) in [5.41, 5.74) is 4.86. The predicted octanol–water partition coefficient (Wildman–Crippen LogP) is 6.28. The van der Waals surface area contributed by atoms with Crippen molar-refractivity contribution in [2.24, 2.45) is 0 Å². The molecule has 0 spiro atoms. The van der Waals surface area contributed by atoms with E-state index in [1.54, 1.807) is 23.1 Å². The second-order valence-corrected chi connectivity index (χ2v) is 8.69. The van der Waals surface area contributed by atoms with Crippen molar-refractivity contribution in [3.05, 3.63) is 101 Å². The van der Waals surface area contributed by atoms with Crippen LogP contribution in [0, 0.1) is 13.8 Å². The molecule has 4 rings (SSSR count). The highest BCUT2D eigenvalue weighted by Gasteiger charge is 2.19. The standard InChI is InChI=1S/C27H25N3O3S/c1-18-13-14-23(15-19(18)2)30(20(3)31)27-29-22(17-34-27)16-33-25-12-8-7-11-24(25)26(32)28-21-9-5-4-6-10-21/h4-15,17H,16H2,1-3H3,(H,28,32). The van der Waals surface area contributed by atoms with Crippen LogP contribution in [0.1, 0.15) is 34.1 Å². The number of benzene rings is 3. The molecule has 0 atom stereocenters. The summed E-state index contributed by atoms with van der Waals surface area (Å²) in [7, 11) is 0. The summed E-state index contributed by atoms with van der Waals surface area (Å²) in [5.74, 6) is 0.0920. The van der Waals surface area contributed by atoms with Crippen LogP contribution in [0.25, 0.3) is 0 Å². The van der Waals surface area contributed by atoms with E-state index in [1.807, 2.05) is 73.8 Å². The summed E-state index contributed by atoms with van der Waals surface area (Å²) in [6.45, 7) is 5.75. The number of hydrogen-bond acceptors (Lipinski definition) is 5. The van der Waals surface area contributed by atoms with Crippen LogP contribution in [0.4, 0.5) is 16.5 Å². The zero-order valence-corrected chi connectivity index (χ0v) is 20.1. The molecular formula is C27H25N3O3S. The lowest BCUT2D eigenvalue weighted by Gasteiger charge is -2.19. The highest BCUT2D eigenvalue weighted by molar-refractivity contribution is 7.14. The molecule has 0 aliphatic heterocycles. The van der Waals surface area contributed by atoms with Gasteiger partial charge in [0.1, 0.15) is 12.4 Å². The van der Waals surface area contributed by atoms with Gasteiger partial charge in [0.05, 0.1) is 16.9 Å². The zero-order chi connectivity index (χ0) is 24.1. The number of ether oxygens (including phenoxy) is 1. The molecule has 0 aliphatic carbocycles. The Morgan fingerprint density at radius 3 is 2.44 bits per heavy atom. The van der Waals surface area contributed by atoms with Gasteiger partial charge in [-0.05, 0) is 61.4 Å². The first-order valence-electron chi connectivity index (χ1n) is 10.8. The summed E-state index contributed by atoms with van der Waals surface area (Å²) in [4.78, 5) is 31.4. The third-order valence-electron chi connectivity index (χ3n) is 5.33. The highest BCUT2D eigenvalue weighted by Crippen LogP contribution is 2.31. The molecule has 7 heteroatoms. The second kappa shape index (κ2) is 10.3. The Morgan fingerprint density at radius 1 is 0.971 bits per heavy atom. The Bertz CT molecular complexity index is 1320. The third-order valence-corrected chi connectivity index (χ3v) is 6.21. The molecular weight excluding hydrogens is 446 g/mol. The zero-order valence-electron chi connectivity index (χ0n) is 19.2. The molecule has 3 aromatic carbocycles. The van der Waals surface area contributed by atoms with Crippen LogP contribution < -0.4 is 15.0 Å². The van der Waals surface area contributed by atoms with Crippen molar-refractivity contribution in [3.8, 4) is 5.75 Å². The number of nitrogens with one attached hydrogen (secondary N) is 1. The van der Waals surface area contributed by atoms with Crippen molar-refractivity contribution in [3.63, 3.8) is 0 Å². The van der Waals surface area contributed by atoms with Gasteiger partial charge in [0.2, 0.25) is 5.91 Å². The largest absolute Gasteiger partial charge is 0.486 e. The monoisotopic (exact) mass is 471 g/mol. The summed E-state index contributed by atoms with van der Waals surface area (Å²) in [5, 5.41) is 5.31. The van der Waals surface area contributed by atoms with E-state index in [0.717, 1.165) is 16.8 Å². The fourth-order valence-electron chi connectivity index (χ4n) is 3.41. The number of carbonyl (C=O) groups excluding carboxylic acids is 2. The molecule has 0 saturated heterocycles. The minimum atomic E-state index is -0.252. The van der Waals surface area contributed by atoms with Gasteiger partial charge in [0.25, 0.3) is 5.91 Å². The number of anilines is 3. The van der Waals surface area contributed by atoms with Gasteiger partial charge in [-0.25, -0.2) is 4.98 Å². The highest BCUT2D eigenvalue weighted by atomic mass is 32.1. The molecule has 0 radical (unpaired) electrons. The maximum atomic E-state index is 12.8. The van der Waals surface area contributed by atoms with E-state index in [2.05, 4.69) is 10.3 Å². The average molecular weight is 472 g/mol. The minimum absolute atomic E-state index is 0.118. The molecule has 0 saturated carbocycles. The lowest BCUT2D eigenvalue weighted by Crippen LogP contribution is -2.22. The topological polar surface area (TPSA) is 71.5 Å². The van der Waals surface area contributed by atoms with Gasteiger partial charge in [-0.2, -0.15) is 0 Å². The molecule has 172 valence electrons. The number of nitrogens with zero attached hydrogens (tertiary/aromatic N) is 2. The van der Waals surface area contributed by atoms with E-state index in [4.69, 9.17) is 4.74 Å². The quantitative estimate of drug-likeness (QED) is 0.345. The first kappa shape index (κ1) is 23.2. The van der Waals surface area contributed by atoms with Crippen molar-refractivity contribution in [1.29, 1.82) is 0 Å². The summed E-state index contributed by atoms with van der Waals surface area (Å²) < 4.78 is 5.96. The van der Waals surface area contributed by atoms with Crippen LogP contribution in [-0.2, 0) is 11.4 Å². The molecule has 6 nitrogen and oxygen atoms in total. The van der Waals surface area contributed by atoms with Gasteiger partial charge >= 0.3 is 0 Å². The first-order valence-corrected chi connectivity index (χ1v) is 11.7. The van der Waals surface area contributed by atoms with Crippen LogP contribution >= 0.6 is 11.3 Å². The first-order chi connectivity index (χ1) is 16.4. The van der Waals surface area contributed by atoms with Crippen LogP contribution in [-0.4, -0.2) is 16.8 Å². The molecule has 1 aromatic heterocycles. The van der Waals surface area contributed by atoms with Crippen molar-refractivity contribution in [2.75, 3.05) is 10.2 Å². The molecule has 0 aliphatic rings. The smallest absolute Gasteiger partial charge is 0.259 e. The van der Waals surface area contributed by atoms with Crippen LogP contribution in [0.5, 0.6) is 5.75 Å². The molecule has 4 aromatic rings. The Labute approximate surface area is 202 Å². The number of aryl methyl sites for hydroxylation is 2. The van der Waals surface area contributed by atoms with Crippen LogP contribution in [0.2, 0.25) is 0 Å². The maximum absolute atomic E-state index is 12.8. The van der Waals surface area contributed by atoms with Gasteiger partial charge in [-0.3, -0.25) is 14.5 Å². The Balaban J connectivity index is 1.49. The van der Waals surface area contributed by atoms with Gasteiger partial charge in [0.15, 0.2) is 5.13 Å². The van der Waals surface area contributed by atoms with E-state index < -0.39 is 0 Å². The van der Waals surface area contributed by atoms with E-state index in [0.29, 0.717) is 27.8 Å². The summed E-state index contributed by atoms with van der Waals surface area (Å²) in [6, 6.07) is 22.3. The number of para-hydroxylation sites is 2. The molecule has 34 heavy (non-hydrogen) atoms. The van der Waals surface area contributed by atoms with Crippen molar-refractivity contribution in [2.45, 2.75) is 27.4 Å². The molecule has 0 bridgehead atoms. The number of hydrogen-bond donors (Lipinski definition) is 1. The maximum Gasteiger partial charge on any atom is 0.259 e. The van der Waals surface area contributed by atoms with Crippen LogP contribution in [0.15, 0.2) is 78.2 Å². The Hall–Kier alpha value is -3.97. The van der Waals surface area contributed by atoms with E-state index in [1.165, 1.54) is 18.3 Å². The molecule has 1 N–H and O–H groups in total. The number of carbonyl (C=O) groups is 2. The van der Waals surface area contributed by atoms with Gasteiger partial charge in [0, 0.05) is 18.0 Å². The fraction of sp³-hybridized carbons (Fsp3) is 0.148. The van der Waals surface area contributed by atoms with E-state index in [-0.39, 0.29) is 18.4 Å². The van der Waals surface area contributed by atoms with Gasteiger partial charge in [-0.1, -0.05) is 36.4 Å². The normalized spacial score (nSPS) is 10.6. The summed E-state index contributed by atoms with van der Waals surface area (Å²) in [6.07, 6.45) is 0. The van der Waals surface area contributed by atoms with E-state index >= 15 is 0 Å². The van der Waals surface area contributed by atoms with E-state index in [9.17, 15) is 9.59 Å². The lowest BCUT2D eigenvalue weighted by molar-refractivity contribution is -0.115. The Morgan fingerprint density at radius 2 is 1.71 bits per heavy atom. The summed E-state index contributed by atoms with van der Waals surface area (Å²) >= 11 is 1.37. The lowest BCUT2D eigenvalue weighted by atomic mass is 10.1. The number of rotatable bonds is 7. The second-order valence-electron chi connectivity index (χ2n) is 7.85. The number of thiazole rings is 1. The molecule has 0 fully saturated rings.